The van der Waals surface area contributed by atoms with E-state index in [0.717, 1.165) is 19.3 Å². The second-order valence-corrected chi connectivity index (χ2v) is 3.84. The Bertz CT molecular complexity index is 307. The topological polar surface area (TPSA) is 39.4 Å². The Morgan fingerprint density at radius 2 is 2.36 bits per heavy atom. The number of hydrogen-bond acceptors (Lipinski definition) is 3. The Balaban J connectivity index is 2.17. The van der Waals surface area contributed by atoms with E-state index in [1.165, 1.54) is 6.26 Å². The van der Waals surface area contributed by atoms with Crippen molar-refractivity contribution in [3.63, 3.8) is 0 Å². The van der Waals surface area contributed by atoms with Crippen LogP contribution in [0.4, 0.5) is 0 Å². The van der Waals surface area contributed by atoms with Crippen molar-refractivity contribution >= 4 is 5.78 Å². The summed E-state index contributed by atoms with van der Waals surface area (Å²) in [6.07, 6.45) is 4.38. The number of furan rings is 1. The smallest absolute Gasteiger partial charge is 0.229 e. The lowest BCUT2D eigenvalue weighted by molar-refractivity contribution is -0.0439. The molecule has 1 fully saturated rings. The van der Waals surface area contributed by atoms with Gasteiger partial charge in [-0.05, 0) is 38.3 Å². The maximum absolute atomic E-state index is 12.0. The van der Waals surface area contributed by atoms with Gasteiger partial charge in [0.1, 0.15) is 5.60 Å². The van der Waals surface area contributed by atoms with Crippen molar-refractivity contribution in [3.8, 4) is 0 Å². The maximum atomic E-state index is 12.0. The summed E-state index contributed by atoms with van der Waals surface area (Å²) in [6.45, 7) is 2.51. The van der Waals surface area contributed by atoms with Gasteiger partial charge in [-0.1, -0.05) is 0 Å². The zero-order valence-corrected chi connectivity index (χ0v) is 8.29. The monoisotopic (exact) mass is 194 g/mol. The average molecular weight is 194 g/mol. The highest BCUT2D eigenvalue weighted by Gasteiger charge is 2.37. The van der Waals surface area contributed by atoms with Gasteiger partial charge in [-0.3, -0.25) is 4.79 Å². The van der Waals surface area contributed by atoms with Crippen molar-refractivity contribution in [3.05, 3.63) is 24.2 Å². The first-order valence-electron chi connectivity index (χ1n) is 4.95. The van der Waals surface area contributed by atoms with Crippen LogP contribution < -0.4 is 0 Å². The third kappa shape index (κ3) is 1.60. The molecule has 3 nitrogen and oxygen atoms in total. The largest absolute Gasteiger partial charge is 0.461 e. The van der Waals surface area contributed by atoms with Crippen molar-refractivity contribution in [2.75, 3.05) is 6.61 Å². The highest BCUT2D eigenvalue weighted by molar-refractivity contribution is 6.00. The van der Waals surface area contributed by atoms with Gasteiger partial charge >= 0.3 is 0 Å². The fraction of sp³-hybridized carbons (Fsp3) is 0.545. The molecule has 1 saturated heterocycles. The Morgan fingerprint density at radius 3 is 2.93 bits per heavy atom. The molecule has 3 heteroatoms. The molecule has 0 aliphatic carbocycles. The standard InChI is InChI=1S/C11H14O3/c1-11(6-2-3-8-14-11)10(12)9-5-4-7-13-9/h4-5,7H,2-3,6,8H2,1H3. The van der Waals surface area contributed by atoms with Gasteiger partial charge in [0.2, 0.25) is 5.78 Å². The predicted octanol–water partition coefficient (Wildman–Crippen LogP) is 2.42. The van der Waals surface area contributed by atoms with Crippen molar-refractivity contribution in [2.24, 2.45) is 0 Å². The fourth-order valence-electron chi connectivity index (χ4n) is 1.78. The Kier molecular flexibility index (Phi) is 2.42. The van der Waals surface area contributed by atoms with Crippen LogP contribution in [0.2, 0.25) is 0 Å². The normalized spacial score (nSPS) is 27.5. The second kappa shape index (κ2) is 3.58. The molecule has 1 unspecified atom stereocenters. The number of carbonyl (C=O) groups is 1. The van der Waals surface area contributed by atoms with Crippen molar-refractivity contribution in [1.82, 2.24) is 0 Å². The molecular weight excluding hydrogens is 180 g/mol. The van der Waals surface area contributed by atoms with E-state index in [1.54, 1.807) is 12.1 Å². The van der Waals surface area contributed by atoms with Crippen molar-refractivity contribution in [1.29, 1.82) is 0 Å². The minimum absolute atomic E-state index is 0.0396. The van der Waals surface area contributed by atoms with Crippen LogP contribution in [0.3, 0.4) is 0 Å². The molecular formula is C11H14O3. The summed E-state index contributed by atoms with van der Waals surface area (Å²) in [5.41, 5.74) is -0.671. The maximum Gasteiger partial charge on any atom is 0.229 e. The van der Waals surface area contributed by atoms with Gasteiger partial charge in [-0.25, -0.2) is 0 Å². The van der Waals surface area contributed by atoms with E-state index in [4.69, 9.17) is 9.15 Å². The molecule has 0 amide bonds. The Morgan fingerprint density at radius 1 is 1.50 bits per heavy atom. The summed E-state index contributed by atoms with van der Waals surface area (Å²) in [5, 5.41) is 0. The third-order valence-corrected chi connectivity index (χ3v) is 2.69. The first-order valence-corrected chi connectivity index (χ1v) is 4.95. The molecule has 76 valence electrons. The van der Waals surface area contributed by atoms with E-state index in [0.29, 0.717) is 12.4 Å². The number of ketones is 1. The molecule has 14 heavy (non-hydrogen) atoms. The van der Waals surface area contributed by atoms with Gasteiger partial charge in [0, 0.05) is 6.61 Å². The zero-order valence-electron chi connectivity index (χ0n) is 8.29. The van der Waals surface area contributed by atoms with Gasteiger partial charge in [-0.2, -0.15) is 0 Å². The molecule has 1 aromatic heterocycles. The SMILES string of the molecule is CC1(C(=O)c2ccco2)CCCCO1. The summed E-state index contributed by atoms with van der Waals surface area (Å²) >= 11 is 0. The molecule has 0 bridgehead atoms. The minimum atomic E-state index is -0.671. The van der Waals surface area contributed by atoms with E-state index in [1.807, 2.05) is 6.92 Å². The molecule has 1 aliphatic rings. The lowest BCUT2D eigenvalue weighted by atomic mass is 9.90. The minimum Gasteiger partial charge on any atom is -0.461 e. The van der Waals surface area contributed by atoms with Crippen LogP contribution in [-0.2, 0) is 4.74 Å². The molecule has 0 aromatic carbocycles. The summed E-state index contributed by atoms with van der Waals surface area (Å²) in [4.78, 5) is 12.0. The van der Waals surface area contributed by atoms with Crippen LogP contribution in [0.1, 0.15) is 36.7 Å². The summed E-state index contributed by atoms with van der Waals surface area (Å²) in [6, 6.07) is 3.41. The molecule has 0 N–H and O–H groups in total. The van der Waals surface area contributed by atoms with Gasteiger partial charge in [0.05, 0.1) is 6.26 Å². The van der Waals surface area contributed by atoms with Crippen LogP contribution in [0.25, 0.3) is 0 Å². The first-order chi connectivity index (χ1) is 6.72. The van der Waals surface area contributed by atoms with Gasteiger partial charge in [-0.15, -0.1) is 0 Å². The van der Waals surface area contributed by atoms with Crippen LogP contribution in [0.15, 0.2) is 22.8 Å². The van der Waals surface area contributed by atoms with Crippen LogP contribution in [0, 0.1) is 0 Å². The number of carbonyl (C=O) groups excluding carboxylic acids is 1. The highest BCUT2D eigenvalue weighted by atomic mass is 16.5. The summed E-state index contributed by atoms with van der Waals surface area (Å²) in [5.74, 6) is 0.358. The third-order valence-electron chi connectivity index (χ3n) is 2.69. The molecule has 0 saturated carbocycles. The first kappa shape index (κ1) is 9.46. The van der Waals surface area contributed by atoms with Crippen molar-refractivity contribution in [2.45, 2.75) is 31.8 Å². The molecule has 1 aliphatic heterocycles. The fourth-order valence-corrected chi connectivity index (χ4v) is 1.78. The predicted molar refractivity (Wildman–Crippen MR) is 51.2 cm³/mol. The van der Waals surface area contributed by atoms with Gasteiger partial charge < -0.3 is 9.15 Å². The lowest BCUT2D eigenvalue weighted by Gasteiger charge is -2.31. The van der Waals surface area contributed by atoms with E-state index >= 15 is 0 Å². The molecule has 0 spiro atoms. The molecule has 1 atom stereocenters. The highest BCUT2D eigenvalue weighted by Crippen LogP contribution is 2.28. The van der Waals surface area contributed by atoms with Crippen molar-refractivity contribution < 1.29 is 13.9 Å². The number of rotatable bonds is 2. The molecule has 1 aromatic rings. The van der Waals surface area contributed by atoms with Crippen LogP contribution in [0.5, 0.6) is 0 Å². The van der Waals surface area contributed by atoms with Gasteiger partial charge in [0.15, 0.2) is 5.76 Å². The lowest BCUT2D eigenvalue weighted by Crippen LogP contribution is -2.41. The van der Waals surface area contributed by atoms with E-state index < -0.39 is 5.60 Å². The Labute approximate surface area is 83.0 Å². The van der Waals surface area contributed by atoms with Crippen LogP contribution in [-0.4, -0.2) is 18.0 Å². The van der Waals surface area contributed by atoms with E-state index in [9.17, 15) is 4.79 Å². The van der Waals surface area contributed by atoms with E-state index in [2.05, 4.69) is 0 Å². The molecule has 2 heterocycles. The average Bonchev–Trinajstić information content (AvgIpc) is 2.70. The van der Waals surface area contributed by atoms with Gasteiger partial charge in [0.25, 0.3) is 0 Å². The van der Waals surface area contributed by atoms with E-state index in [-0.39, 0.29) is 5.78 Å². The quantitative estimate of drug-likeness (QED) is 0.679. The number of ether oxygens (including phenoxy) is 1. The van der Waals surface area contributed by atoms with Crippen LogP contribution >= 0.6 is 0 Å². The number of Topliss-reactive ketones (excluding diaryl/α,β-unsaturated/α-hetero) is 1. The molecule has 2 rings (SSSR count). The zero-order chi connectivity index (χ0) is 10.0. The molecule has 0 radical (unpaired) electrons. The Hall–Kier alpha value is -1.09. The number of hydrogen-bond donors (Lipinski definition) is 0. The second-order valence-electron chi connectivity index (χ2n) is 3.84. The summed E-state index contributed by atoms with van der Waals surface area (Å²) in [7, 11) is 0. The summed E-state index contributed by atoms with van der Waals surface area (Å²) < 4.78 is 10.6.